The zero-order valence-corrected chi connectivity index (χ0v) is 19.0. The van der Waals surface area contributed by atoms with Crippen molar-refractivity contribution in [1.29, 1.82) is 0 Å². The number of hydrogen-bond acceptors (Lipinski definition) is 8. The van der Waals surface area contributed by atoms with Crippen molar-refractivity contribution in [2.75, 3.05) is 26.3 Å². The van der Waals surface area contributed by atoms with E-state index in [0.717, 1.165) is 27.9 Å². The van der Waals surface area contributed by atoms with Crippen LogP contribution in [0, 0.1) is 0 Å². The number of thiophene rings is 1. The van der Waals surface area contributed by atoms with Gasteiger partial charge in [0.2, 0.25) is 10.0 Å². The molecule has 0 radical (unpaired) electrons. The van der Waals surface area contributed by atoms with E-state index in [1.54, 1.807) is 24.4 Å². The lowest BCUT2D eigenvalue weighted by Crippen LogP contribution is -2.40. The van der Waals surface area contributed by atoms with E-state index in [-0.39, 0.29) is 9.77 Å². The van der Waals surface area contributed by atoms with Crippen molar-refractivity contribution in [3.8, 4) is 17.0 Å². The minimum Gasteiger partial charge on any atom is -0.422 e. The fraction of sp³-hybridized carbons (Fsp3) is 0.174. The molecule has 8 nitrogen and oxygen atoms in total. The van der Waals surface area contributed by atoms with Crippen molar-refractivity contribution in [1.82, 2.24) is 14.3 Å². The number of rotatable bonds is 5. The van der Waals surface area contributed by atoms with Gasteiger partial charge in [0, 0.05) is 24.0 Å². The molecule has 3 heterocycles. The zero-order chi connectivity index (χ0) is 22.8. The fourth-order valence-electron chi connectivity index (χ4n) is 3.47. The summed E-state index contributed by atoms with van der Waals surface area (Å²) in [6, 6.07) is 15.9. The van der Waals surface area contributed by atoms with Gasteiger partial charge in [-0.3, -0.25) is 4.98 Å². The second-order valence-electron chi connectivity index (χ2n) is 7.32. The number of esters is 1. The largest absolute Gasteiger partial charge is 0.422 e. The van der Waals surface area contributed by atoms with Crippen molar-refractivity contribution in [3.05, 3.63) is 71.1 Å². The molecule has 1 saturated heterocycles. The molecule has 2 aromatic carbocycles. The van der Waals surface area contributed by atoms with Gasteiger partial charge >= 0.3 is 5.97 Å². The summed E-state index contributed by atoms with van der Waals surface area (Å²) in [5.74, 6) is -0.288. The third kappa shape index (κ3) is 4.51. The number of ether oxygens (including phenoxy) is 2. The van der Waals surface area contributed by atoms with Crippen LogP contribution in [-0.2, 0) is 14.8 Å². The molecule has 0 amide bonds. The van der Waals surface area contributed by atoms with E-state index < -0.39 is 16.0 Å². The lowest BCUT2D eigenvalue weighted by molar-refractivity contribution is 0.0729. The fourth-order valence-corrected chi connectivity index (χ4v) is 6.01. The highest BCUT2D eigenvalue weighted by Gasteiger charge is 2.28. The van der Waals surface area contributed by atoms with Crippen LogP contribution in [-0.4, -0.2) is 55.0 Å². The van der Waals surface area contributed by atoms with Gasteiger partial charge in [0.05, 0.1) is 41.0 Å². The van der Waals surface area contributed by atoms with Crippen molar-refractivity contribution < 1.29 is 22.7 Å². The normalized spacial score (nSPS) is 14.9. The summed E-state index contributed by atoms with van der Waals surface area (Å²) in [5, 5.41) is 1.46. The van der Waals surface area contributed by atoms with Crippen molar-refractivity contribution in [2.24, 2.45) is 0 Å². The van der Waals surface area contributed by atoms with Gasteiger partial charge in [-0.05, 0) is 30.3 Å². The third-order valence-corrected chi connectivity index (χ3v) is 8.11. The summed E-state index contributed by atoms with van der Waals surface area (Å²) in [5.41, 5.74) is 2.97. The first-order valence-corrected chi connectivity index (χ1v) is 12.5. The molecule has 1 aliphatic heterocycles. The SMILES string of the molecule is O=C(Oc1cccc(-c2cnc3ccccc3n2)c1)c1cc(S(=O)(=O)N2CCOCC2)cs1. The maximum Gasteiger partial charge on any atom is 0.353 e. The number of hydrogen-bond donors (Lipinski definition) is 0. The van der Waals surface area contributed by atoms with Gasteiger partial charge < -0.3 is 9.47 Å². The van der Waals surface area contributed by atoms with Crippen molar-refractivity contribution in [3.63, 3.8) is 0 Å². The Morgan fingerprint density at radius 1 is 1.03 bits per heavy atom. The Bertz CT molecular complexity index is 1430. The summed E-state index contributed by atoms with van der Waals surface area (Å²) in [4.78, 5) is 22.0. The van der Waals surface area contributed by atoms with E-state index in [1.165, 1.54) is 15.8 Å². The van der Waals surface area contributed by atoms with Gasteiger partial charge in [0.25, 0.3) is 0 Å². The molecule has 10 heteroatoms. The summed E-state index contributed by atoms with van der Waals surface area (Å²) >= 11 is 1.04. The molecule has 5 rings (SSSR count). The first-order chi connectivity index (χ1) is 16.0. The number of para-hydroxylation sites is 2. The molecule has 0 N–H and O–H groups in total. The quantitative estimate of drug-likeness (QED) is 0.317. The molecule has 0 bridgehead atoms. The standard InChI is InChI=1S/C23H19N3O5S2/c27-23(22-13-18(15-32-22)33(28,29)26-8-10-30-11-9-26)31-17-5-3-4-16(12-17)21-14-24-19-6-1-2-7-20(19)25-21/h1-7,12-15H,8-11H2. The number of benzene rings is 2. The molecule has 0 aliphatic carbocycles. The highest BCUT2D eigenvalue weighted by atomic mass is 32.2. The Morgan fingerprint density at radius 2 is 1.82 bits per heavy atom. The highest BCUT2D eigenvalue weighted by molar-refractivity contribution is 7.89. The number of nitrogens with zero attached hydrogens (tertiary/aromatic N) is 3. The number of fused-ring (bicyclic) bond motifs is 1. The van der Waals surface area contributed by atoms with Crippen molar-refractivity contribution in [2.45, 2.75) is 4.90 Å². The molecule has 1 fully saturated rings. The number of carbonyl (C=O) groups excluding carboxylic acids is 1. The minimum absolute atomic E-state index is 0.0848. The Kier molecular flexibility index (Phi) is 5.90. The minimum atomic E-state index is -3.67. The second-order valence-corrected chi connectivity index (χ2v) is 10.2. The van der Waals surface area contributed by atoms with Crippen LogP contribution < -0.4 is 4.74 Å². The van der Waals surface area contributed by atoms with E-state index in [4.69, 9.17) is 9.47 Å². The van der Waals surface area contributed by atoms with Crippen LogP contribution in [0.1, 0.15) is 9.67 Å². The Balaban J connectivity index is 1.34. The molecule has 1 aliphatic rings. The van der Waals surface area contributed by atoms with E-state index in [9.17, 15) is 13.2 Å². The average Bonchev–Trinajstić information content (AvgIpc) is 3.36. The summed E-state index contributed by atoms with van der Waals surface area (Å²) < 4.78 is 37.7. The maximum absolute atomic E-state index is 12.8. The molecule has 0 unspecified atom stereocenters. The maximum atomic E-state index is 12.8. The van der Waals surface area contributed by atoms with Crippen LogP contribution in [0.3, 0.4) is 0 Å². The van der Waals surface area contributed by atoms with E-state index >= 15 is 0 Å². The van der Waals surface area contributed by atoms with Gasteiger partial charge in [0.1, 0.15) is 10.6 Å². The average molecular weight is 482 g/mol. The first-order valence-electron chi connectivity index (χ1n) is 10.2. The van der Waals surface area contributed by atoms with Gasteiger partial charge in [-0.2, -0.15) is 4.31 Å². The van der Waals surface area contributed by atoms with Crippen molar-refractivity contribution >= 4 is 38.4 Å². The molecule has 0 spiro atoms. The predicted molar refractivity (Wildman–Crippen MR) is 124 cm³/mol. The number of morpholine rings is 1. The van der Waals surface area contributed by atoms with E-state index in [0.29, 0.717) is 37.7 Å². The molecule has 2 aromatic heterocycles. The predicted octanol–water partition coefficient (Wildman–Crippen LogP) is 3.60. The number of carbonyl (C=O) groups is 1. The first kappa shape index (κ1) is 21.7. The lowest BCUT2D eigenvalue weighted by Gasteiger charge is -2.25. The summed E-state index contributed by atoms with van der Waals surface area (Å²) in [6.07, 6.45) is 1.67. The molecule has 4 aromatic rings. The third-order valence-electron chi connectivity index (χ3n) is 5.17. The molecule has 0 atom stereocenters. The van der Waals surface area contributed by atoms with E-state index in [1.807, 2.05) is 30.3 Å². The monoisotopic (exact) mass is 481 g/mol. The summed E-state index contributed by atoms with van der Waals surface area (Å²) in [6.45, 7) is 1.30. The molecule has 168 valence electrons. The molecular weight excluding hydrogens is 462 g/mol. The summed E-state index contributed by atoms with van der Waals surface area (Å²) in [7, 11) is -3.67. The second kappa shape index (κ2) is 8.99. The topological polar surface area (TPSA) is 98.7 Å². The van der Waals surface area contributed by atoms with Gasteiger partial charge in [-0.25, -0.2) is 18.2 Å². The Labute approximate surface area is 194 Å². The number of aromatic nitrogens is 2. The van der Waals surface area contributed by atoms with E-state index in [2.05, 4.69) is 9.97 Å². The smallest absolute Gasteiger partial charge is 0.353 e. The zero-order valence-electron chi connectivity index (χ0n) is 17.4. The lowest BCUT2D eigenvalue weighted by atomic mass is 10.1. The van der Waals surface area contributed by atoms with Gasteiger partial charge in [-0.15, -0.1) is 11.3 Å². The Hall–Kier alpha value is -3.18. The van der Waals surface area contributed by atoms with Crippen LogP contribution in [0.5, 0.6) is 5.75 Å². The molecule has 33 heavy (non-hydrogen) atoms. The van der Waals surface area contributed by atoms with Crippen LogP contribution >= 0.6 is 11.3 Å². The van der Waals surface area contributed by atoms with Gasteiger partial charge in [0.15, 0.2) is 0 Å². The Morgan fingerprint density at radius 3 is 2.64 bits per heavy atom. The number of sulfonamides is 1. The highest BCUT2D eigenvalue weighted by Crippen LogP contribution is 2.27. The molecule has 0 saturated carbocycles. The molecular formula is C23H19N3O5S2. The van der Waals surface area contributed by atoms with Crippen LogP contribution in [0.15, 0.2) is 71.1 Å². The van der Waals surface area contributed by atoms with Crippen LogP contribution in [0.2, 0.25) is 0 Å². The van der Waals surface area contributed by atoms with Crippen LogP contribution in [0.25, 0.3) is 22.3 Å². The van der Waals surface area contributed by atoms with Gasteiger partial charge in [-0.1, -0.05) is 24.3 Å². The van der Waals surface area contributed by atoms with Crippen LogP contribution in [0.4, 0.5) is 0 Å².